The zero-order chi connectivity index (χ0) is 20.3. The van der Waals surface area contributed by atoms with Gasteiger partial charge < -0.3 is 25.0 Å². The summed E-state index contributed by atoms with van der Waals surface area (Å²) in [6.07, 6.45) is -2.76. The number of anilines is 1. The Labute approximate surface area is 161 Å². The van der Waals surface area contributed by atoms with Gasteiger partial charge in [-0.25, -0.2) is 4.98 Å². The number of ether oxygens (including phenoxy) is 2. The number of carbonyl (C=O) groups is 1. The molecule has 2 aliphatic rings. The molecular weight excluding hydrogens is 377 g/mol. The van der Waals surface area contributed by atoms with Gasteiger partial charge >= 0.3 is 6.18 Å². The van der Waals surface area contributed by atoms with Crippen molar-refractivity contribution in [1.82, 2.24) is 9.88 Å². The lowest BCUT2D eigenvalue weighted by Gasteiger charge is -2.41. The largest absolute Gasteiger partial charge is 0.490 e. The van der Waals surface area contributed by atoms with Crippen LogP contribution in [-0.4, -0.2) is 67.3 Å². The van der Waals surface area contributed by atoms with E-state index in [4.69, 9.17) is 15.2 Å². The van der Waals surface area contributed by atoms with Crippen LogP contribution in [0.25, 0.3) is 0 Å². The Kier molecular flexibility index (Phi) is 6.29. The fourth-order valence-electron chi connectivity index (χ4n) is 3.41. The molecule has 0 aromatic carbocycles. The second-order valence-corrected chi connectivity index (χ2v) is 7.17. The Morgan fingerprint density at radius 2 is 2.25 bits per heavy atom. The predicted molar refractivity (Wildman–Crippen MR) is 96.2 cm³/mol. The van der Waals surface area contributed by atoms with Crippen molar-refractivity contribution in [3.63, 3.8) is 0 Å². The minimum Gasteiger partial charge on any atom is -0.490 e. The maximum Gasteiger partial charge on any atom is 0.418 e. The number of nitrogens with two attached hydrogens (primary N) is 1. The smallest absolute Gasteiger partial charge is 0.418 e. The lowest BCUT2D eigenvalue weighted by Crippen LogP contribution is -2.55. The number of halogens is 3. The van der Waals surface area contributed by atoms with Crippen LogP contribution in [0.15, 0.2) is 12.3 Å². The highest BCUT2D eigenvalue weighted by molar-refractivity contribution is 5.76. The highest BCUT2D eigenvalue weighted by Gasteiger charge is 2.36. The van der Waals surface area contributed by atoms with Gasteiger partial charge in [0.15, 0.2) is 11.6 Å². The Morgan fingerprint density at radius 3 is 2.96 bits per heavy atom. The highest BCUT2D eigenvalue weighted by atomic mass is 19.4. The molecule has 3 heterocycles. The molecule has 0 radical (unpaired) electrons. The first-order valence-corrected chi connectivity index (χ1v) is 9.33. The maximum atomic E-state index is 12.9. The van der Waals surface area contributed by atoms with Crippen molar-refractivity contribution in [2.45, 2.75) is 38.0 Å². The third-order valence-electron chi connectivity index (χ3n) is 4.82. The van der Waals surface area contributed by atoms with Crippen LogP contribution in [0.5, 0.6) is 5.75 Å². The van der Waals surface area contributed by atoms with E-state index in [9.17, 15) is 18.0 Å². The maximum absolute atomic E-state index is 12.9. The zero-order valence-electron chi connectivity index (χ0n) is 15.7. The van der Waals surface area contributed by atoms with Gasteiger partial charge in [0.1, 0.15) is 0 Å². The van der Waals surface area contributed by atoms with Crippen molar-refractivity contribution < 1.29 is 27.4 Å². The van der Waals surface area contributed by atoms with Crippen LogP contribution in [0, 0.1) is 0 Å². The lowest BCUT2D eigenvalue weighted by atomic mass is 10.1. The Balaban J connectivity index is 1.63. The fourth-order valence-corrected chi connectivity index (χ4v) is 3.41. The van der Waals surface area contributed by atoms with E-state index in [0.29, 0.717) is 45.1 Å². The summed E-state index contributed by atoms with van der Waals surface area (Å²) < 4.78 is 49.7. The minimum atomic E-state index is -4.47. The van der Waals surface area contributed by atoms with Crippen molar-refractivity contribution in [3.8, 4) is 5.75 Å². The first-order valence-electron chi connectivity index (χ1n) is 9.33. The molecule has 10 heteroatoms. The summed E-state index contributed by atoms with van der Waals surface area (Å²) in [6, 6.07) is 0.876. The monoisotopic (exact) mass is 402 g/mol. The fraction of sp³-hybridized carbons (Fsp3) is 0.667. The van der Waals surface area contributed by atoms with Crippen LogP contribution < -0.4 is 15.4 Å². The molecule has 0 saturated carbocycles. The Morgan fingerprint density at radius 1 is 1.46 bits per heavy atom. The van der Waals surface area contributed by atoms with E-state index in [0.717, 1.165) is 12.3 Å². The van der Waals surface area contributed by atoms with Crippen LogP contribution in [0.3, 0.4) is 0 Å². The van der Waals surface area contributed by atoms with E-state index in [2.05, 4.69) is 4.98 Å². The molecule has 1 fully saturated rings. The Bertz CT molecular complexity index is 699. The van der Waals surface area contributed by atoms with Crippen molar-refractivity contribution in [3.05, 3.63) is 17.8 Å². The van der Waals surface area contributed by atoms with Gasteiger partial charge in [-0.15, -0.1) is 0 Å². The number of hydrogen-bond donors (Lipinski definition) is 1. The van der Waals surface area contributed by atoms with E-state index < -0.39 is 11.7 Å². The number of nitrogens with zero attached hydrogens (tertiary/aromatic N) is 3. The average molecular weight is 402 g/mol. The zero-order valence-corrected chi connectivity index (χ0v) is 15.7. The molecule has 1 aromatic rings. The predicted octanol–water partition coefficient (Wildman–Crippen LogP) is 1.65. The Hall–Kier alpha value is -2.07. The van der Waals surface area contributed by atoms with Crippen molar-refractivity contribution >= 4 is 11.7 Å². The van der Waals surface area contributed by atoms with Crippen molar-refractivity contribution in [2.75, 3.05) is 44.4 Å². The molecule has 3 rings (SSSR count). The van der Waals surface area contributed by atoms with Gasteiger partial charge in [-0.3, -0.25) is 4.79 Å². The number of aromatic nitrogens is 1. The average Bonchev–Trinajstić information content (AvgIpc) is 2.82. The highest BCUT2D eigenvalue weighted by Crippen LogP contribution is 2.37. The SMILES string of the molecule is CC(N)COCCC(=O)N1CCN2c3ncc(C(F)(F)F)cc3OCCC2C1. The number of amides is 1. The first-order chi connectivity index (χ1) is 13.3. The summed E-state index contributed by atoms with van der Waals surface area (Å²) >= 11 is 0. The molecule has 7 nitrogen and oxygen atoms in total. The lowest BCUT2D eigenvalue weighted by molar-refractivity contribution is -0.138. The molecule has 2 N–H and O–H groups in total. The molecule has 1 amide bonds. The van der Waals surface area contributed by atoms with Gasteiger partial charge in [0.2, 0.25) is 5.91 Å². The number of pyridine rings is 1. The number of fused-ring (bicyclic) bond motifs is 3. The quantitative estimate of drug-likeness (QED) is 0.755. The normalized spacial score (nSPS) is 20.7. The van der Waals surface area contributed by atoms with E-state index in [1.54, 1.807) is 4.90 Å². The first kappa shape index (κ1) is 20.7. The van der Waals surface area contributed by atoms with E-state index in [1.165, 1.54) is 0 Å². The van der Waals surface area contributed by atoms with Gasteiger partial charge in [0.05, 0.1) is 37.8 Å². The molecule has 0 bridgehead atoms. The van der Waals surface area contributed by atoms with Crippen LogP contribution >= 0.6 is 0 Å². The molecular formula is C18H25F3N4O3. The van der Waals surface area contributed by atoms with Crippen LogP contribution in [0.2, 0.25) is 0 Å². The molecule has 0 spiro atoms. The van der Waals surface area contributed by atoms with E-state index >= 15 is 0 Å². The number of alkyl halides is 3. The summed E-state index contributed by atoms with van der Waals surface area (Å²) in [5, 5.41) is 0. The number of piperazine rings is 1. The molecule has 0 aliphatic carbocycles. The standard InChI is InChI=1S/C18H25F3N4O3/c1-12(22)11-27-6-3-16(26)24-4-5-25-14(10-24)2-7-28-15-8-13(18(19,20)21)9-23-17(15)25/h8-9,12,14H,2-7,10-11,22H2,1H3. The molecule has 1 aromatic heterocycles. The molecule has 2 aliphatic heterocycles. The third kappa shape index (κ3) is 4.85. The van der Waals surface area contributed by atoms with Gasteiger partial charge in [-0.1, -0.05) is 0 Å². The third-order valence-corrected chi connectivity index (χ3v) is 4.82. The van der Waals surface area contributed by atoms with Gasteiger partial charge in [0.25, 0.3) is 0 Å². The van der Waals surface area contributed by atoms with Crippen molar-refractivity contribution in [2.24, 2.45) is 5.73 Å². The summed E-state index contributed by atoms with van der Waals surface area (Å²) in [6.45, 7) is 4.28. The van der Waals surface area contributed by atoms with Crippen LogP contribution in [-0.2, 0) is 15.7 Å². The molecule has 28 heavy (non-hydrogen) atoms. The second kappa shape index (κ2) is 8.52. The second-order valence-electron chi connectivity index (χ2n) is 7.17. The summed E-state index contributed by atoms with van der Waals surface area (Å²) in [7, 11) is 0. The molecule has 2 atom stereocenters. The topological polar surface area (TPSA) is 80.9 Å². The van der Waals surface area contributed by atoms with E-state index in [1.807, 2.05) is 11.8 Å². The van der Waals surface area contributed by atoms with E-state index in [-0.39, 0.29) is 36.8 Å². The van der Waals surface area contributed by atoms with Gasteiger partial charge in [-0.05, 0) is 13.0 Å². The summed E-state index contributed by atoms with van der Waals surface area (Å²) in [4.78, 5) is 20.2. The summed E-state index contributed by atoms with van der Waals surface area (Å²) in [5.74, 6) is 0.541. The molecule has 2 unspecified atom stereocenters. The number of carbonyl (C=O) groups excluding carboxylic acids is 1. The number of hydrogen-bond acceptors (Lipinski definition) is 6. The summed E-state index contributed by atoms with van der Waals surface area (Å²) in [5.41, 5.74) is 4.78. The van der Waals surface area contributed by atoms with Crippen molar-refractivity contribution in [1.29, 1.82) is 0 Å². The number of rotatable bonds is 5. The van der Waals surface area contributed by atoms with Gasteiger partial charge in [0, 0.05) is 38.3 Å². The van der Waals surface area contributed by atoms with Crippen LogP contribution in [0.4, 0.5) is 19.0 Å². The van der Waals surface area contributed by atoms with Gasteiger partial charge in [-0.2, -0.15) is 13.2 Å². The molecule has 1 saturated heterocycles. The van der Waals surface area contributed by atoms with Crippen LogP contribution in [0.1, 0.15) is 25.3 Å². The minimum absolute atomic E-state index is 0.00454. The molecule has 156 valence electrons.